The van der Waals surface area contributed by atoms with Gasteiger partial charge in [0.1, 0.15) is 0 Å². The molecule has 0 saturated heterocycles. The van der Waals surface area contributed by atoms with Crippen LogP contribution in [0, 0.1) is 36.1 Å². The van der Waals surface area contributed by atoms with E-state index in [4.69, 9.17) is 2.32 Å². The molecule has 0 bridgehead atoms. The van der Waals surface area contributed by atoms with Crippen molar-refractivity contribution in [2.45, 2.75) is 0 Å². The van der Waals surface area contributed by atoms with E-state index in [2.05, 4.69) is 0 Å². The van der Waals surface area contributed by atoms with Crippen molar-refractivity contribution in [2.75, 3.05) is 0 Å². The van der Waals surface area contributed by atoms with E-state index in [1.54, 1.807) is 0 Å². The summed E-state index contributed by atoms with van der Waals surface area (Å²) in [6, 6.07) is 0. The van der Waals surface area contributed by atoms with Gasteiger partial charge in [0.05, 0.1) is 0 Å². The Bertz CT molecular complexity index is 27.0. The Hall–Kier alpha value is 1.66. The zero-order valence-corrected chi connectivity index (χ0v) is 8.07. The monoisotopic (exact) mass is 357 g/mol. The van der Waals surface area contributed by atoms with Crippen LogP contribution in [0.15, 0.2) is 0 Å². The van der Waals surface area contributed by atoms with Crippen molar-refractivity contribution >= 4 is 0 Å². The Morgan fingerprint density at radius 3 is 1.25 bits per heavy atom. The molecule has 2 nitrogen and oxygen atoms in total. The van der Waals surface area contributed by atoms with Crippen LogP contribution in [0.3, 0.4) is 0 Å². The van der Waals surface area contributed by atoms with Gasteiger partial charge in [0.2, 0.25) is 0 Å². The van der Waals surface area contributed by atoms with E-state index < -0.39 is 36.1 Å². The molecular weight excluding hydrogens is 357 g/mol. The first-order valence-electron chi connectivity index (χ1n) is 0.408. The SMILES string of the molecule is [Nb].[O]=[Th]=[O]. The van der Waals surface area contributed by atoms with Crippen molar-refractivity contribution in [1.82, 2.24) is 0 Å². The summed E-state index contributed by atoms with van der Waals surface area (Å²) >= 11 is -2.51. The normalized spacial score (nSPS) is 2.00. The molecule has 0 aliphatic rings. The van der Waals surface area contributed by atoms with Gasteiger partial charge in [-0.05, 0) is 0 Å². The van der Waals surface area contributed by atoms with Crippen molar-refractivity contribution in [2.24, 2.45) is 0 Å². The van der Waals surface area contributed by atoms with Gasteiger partial charge in [0.25, 0.3) is 0 Å². The summed E-state index contributed by atoms with van der Waals surface area (Å²) in [7, 11) is 0. The zero-order chi connectivity index (χ0) is 2.71. The fraction of sp³-hybridized carbons (Fsp3) is 0. The Morgan fingerprint density at radius 1 is 1.25 bits per heavy atom. The zero-order valence-electron chi connectivity index (χ0n) is 1.76. The van der Waals surface area contributed by atoms with Gasteiger partial charge in [0, 0.05) is 22.4 Å². The summed E-state index contributed by atoms with van der Waals surface area (Å²) in [5.41, 5.74) is 0. The molecule has 0 spiro atoms. The van der Waals surface area contributed by atoms with E-state index >= 15 is 0 Å². The number of hydrogen-bond acceptors (Lipinski definition) is 2. The molecule has 0 aliphatic heterocycles. The predicted octanol–water partition coefficient (Wildman–Crippen LogP) is -0.240. The molecule has 0 unspecified atom stereocenters. The molecule has 0 saturated carbocycles. The molecule has 0 aromatic heterocycles. The van der Waals surface area contributed by atoms with Crippen LogP contribution < -0.4 is 0 Å². The Labute approximate surface area is 59.7 Å². The van der Waals surface area contributed by atoms with Gasteiger partial charge in [-0.15, -0.1) is 0 Å². The summed E-state index contributed by atoms with van der Waals surface area (Å²) in [6.07, 6.45) is 0. The molecule has 0 aliphatic carbocycles. The second-order valence-corrected chi connectivity index (χ2v) is 0.768. The molecular formula is NbO2Th. The summed E-state index contributed by atoms with van der Waals surface area (Å²) in [6.45, 7) is 0. The van der Waals surface area contributed by atoms with Crippen LogP contribution in [-0.2, 0) is 24.7 Å². The first-order valence-corrected chi connectivity index (χ1v) is 3.76. The van der Waals surface area contributed by atoms with Crippen molar-refractivity contribution in [3.05, 3.63) is 0 Å². The van der Waals surface area contributed by atoms with Gasteiger partial charge >= 0.3 is 38.4 Å². The molecule has 0 rings (SSSR count). The van der Waals surface area contributed by atoms with Gasteiger partial charge in [-0.25, -0.2) is 0 Å². The fourth-order valence-corrected chi connectivity index (χ4v) is 0. The maximum atomic E-state index is 8.58. The van der Waals surface area contributed by atoms with Gasteiger partial charge in [-0.3, -0.25) is 0 Å². The second-order valence-electron chi connectivity index (χ2n) is 0.0833. The molecule has 0 heterocycles. The van der Waals surface area contributed by atoms with E-state index in [0.717, 1.165) is 0 Å². The quantitative estimate of drug-likeness (QED) is 0.561. The number of hydrogen-bond donors (Lipinski definition) is 0. The third-order valence-corrected chi connectivity index (χ3v) is 0. The molecule has 0 atom stereocenters. The second kappa shape index (κ2) is 8.82. The fourth-order valence-electron chi connectivity index (χ4n) is 0. The molecule has 21 valence electrons. The predicted molar refractivity (Wildman–Crippen MR) is 1.37 cm³/mol. The van der Waals surface area contributed by atoms with Crippen molar-refractivity contribution in [3.8, 4) is 0 Å². The third-order valence-electron chi connectivity index (χ3n) is 0. The summed E-state index contributed by atoms with van der Waals surface area (Å²) < 4.78 is 17.2. The Kier molecular flexibility index (Phi) is 20.2. The summed E-state index contributed by atoms with van der Waals surface area (Å²) in [5, 5.41) is 0. The van der Waals surface area contributed by atoms with Gasteiger partial charge in [-0.2, -0.15) is 0 Å². The van der Waals surface area contributed by atoms with Crippen LogP contribution in [0.2, 0.25) is 0 Å². The molecule has 1 radical (unpaired) electrons. The molecule has 4 heteroatoms. The van der Waals surface area contributed by atoms with Crippen molar-refractivity contribution in [1.29, 1.82) is 0 Å². The first-order chi connectivity index (χ1) is 1.41. The summed E-state index contributed by atoms with van der Waals surface area (Å²) in [5.74, 6) is 0. The topological polar surface area (TPSA) is 34.1 Å². The minimum absolute atomic E-state index is 0. The summed E-state index contributed by atoms with van der Waals surface area (Å²) in [4.78, 5) is 0. The van der Waals surface area contributed by atoms with Crippen LogP contribution in [0.25, 0.3) is 0 Å². The third kappa shape index (κ3) is 9.39. The molecule has 0 N–H and O–H groups in total. The van der Waals surface area contributed by atoms with Gasteiger partial charge in [0.15, 0.2) is 0 Å². The van der Waals surface area contributed by atoms with E-state index in [0.29, 0.717) is 0 Å². The minimum atomic E-state index is -2.51. The standard InChI is InChI=1S/Nb.2O.Th. The van der Waals surface area contributed by atoms with Crippen LogP contribution in [0.5, 0.6) is 0 Å². The van der Waals surface area contributed by atoms with Crippen molar-refractivity contribution in [3.63, 3.8) is 0 Å². The molecule has 0 aromatic carbocycles. The maximum absolute atomic E-state index is 8.58. The van der Waals surface area contributed by atoms with E-state index in [9.17, 15) is 0 Å². The molecule has 0 fully saturated rings. The Balaban J connectivity index is 0. The average Bonchev–Trinajstić information content (AvgIpc) is 0.918. The first kappa shape index (κ1) is 9.18. The van der Waals surface area contributed by atoms with Crippen LogP contribution in [0.4, 0.5) is 0 Å². The van der Waals surface area contributed by atoms with Crippen LogP contribution in [0.1, 0.15) is 0 Å². The number of rotatable bonds is 0. The molecule has 0 aromatic rings. The molecule has 4 heavy (non-hydrogen) atoms. The van der Waals surface area contributed by atoms with E-state index in [-0.39, 0.29) is 22.4 Å². The van der Waals surface area contributed by atoms with Gasteiger partial charge < -0.3 is 0 Å². The van der Waals surface area contributed by atoms with Gasteiger partial charge in [-0.1, -0.05) is 0 Å². The van der Waals surface area contributed by atoms with Crippen LogP contribution >= 0.6 is 0 Å². The average molecular weight is 357 g/mol. The Morgan fingerprint density at radius 2 is 1.25 bits per heavy atom. The van der Waals surface area contributed by atoms with Crippen LogP contribution in [-0.4, -0.2) is 0 Å². The van der Waals surface area contributed by atoms with Crippen molar-refractivity contribution < 1.29 is 60.8 Å². The van der Waals surface area contributed by atoms with E-state index in [1.807, 2.05) is 0 Å². The molecule has 0 amide bonds. The van der Waals surface area contributed by atoms with E-state index in [1.165, 1.54) is 0 Å².